The van der Waals surface area contributed by atoms with Gasteiger partial charge in [0.1, 0.15) is 0 Å². The van der Waals surface area contributed by atoms with Crippen LogP contribution in [0.5, 0.6) is 0 Å². The van der Waals surface area contributed by atoms with Crippen LogP contribution in [0.1, 0.15) is 5.56 Å². The van der Waals surface area contributed by atoms with Crippen molar-refractivity contribution in [2.45, 2.75) is 5.66 Å². The lowest BCUT2D eigenvalue weighted by Gasteiger charge is -2.15. The van der Waals surface area contributed by atoms with Gasteiger partial charge in [0.2, 0.25) is 5.66 Å². The molecule has 0 fully saturated rings. The lowest BCUT2D eigenvalue weighted by molar-refractivity contribution is -0.112. The van der Waals surface area contributed by atoms with Gasteiger partial charge < -0.3 is 0 Å². The highest BCUT2D eigenvalue weighted by molar-refractivity contribution is 6.18. The van der Waals surface area contributed by atoms with Gasteiger partial charge in [-0.25, -0.2) is 9.98 Å². The van der Waals surface area contributed by atoms with Gasteiger partial charge in [-0.15, -0.1) is 0 Å². The van der Waals surface area contributed by atoms with Crippen LogP contribution in [0.4, 0.5) is 0 Å². The molecule has 0 saturated heterocycles. The molecule has 1 aromatic carbocycles. The molecule has 3 nitrogen and oxygen atoms in total. The molecule has 0 atom stereocenters. The quantitative estimate of drug-likeness (QED) is 0.618. The minimum absolute atomic E-state index is 0.752. The van der Waals surface area contributed by atoms with Crippen LogP contribution in [-0.2, 0) is 10.5 Å². The van der Waals surface area contributed by atoms with Gasteiger partial charge in [-0.3, -0.25) is 4.79 Å². The highest BCUT2D eigenvalue weighted by atomic mass is 16.1. The summed E-state index contributed by atoms with van der Waals surface area (Å²) in [5.41, 5.74) is -0.212. The van der Waals surface area contributed by atoms with Crippen LogP contribution in [-0.4, -0.2) is 18.7 Å². The SMILES string of the molecule is O=CC1(c2ccccc2)N=CC=N1. The van der Waals surface area contributed by atoms with Crippen molar-refractivity contribution in [2.75, 3.05) is 0 Å². The van der Waals surface area contributed by atoms with Gasteiger partial charge >= 0.3 is 0 Å². The Morgan fingerprint density at radius 3 is 2.23 bits per heavy atom. The fraction of sp³-hybridized carbons (Fsp3) is 0.100. The zero-order valence-corrected chi connectivity index (χ0v) is 6.92. The molecular formula is C10H8N2O. The molecule has 0 spiro atoms. The summed E-state index contributed by atoms with van der Waals surface area (Å²) in [5, 5.41) is 0. The highest BCUT2D eigenvalue weighted by Gasteiger charge is 2.30. The van der Waals surface area contributed by atoms with E-state index in [1.165, 1.54) is 0 Å². The summed E-state index contributed by atoms with van der Waals surface area (Å²) in [7, 11) is 0. The number of rotatable bonds is 2. The summed E-state index contributed by atoms with van der Waals surface area (Å²) in [4.78, 5) is 19.0. The van der Waals surface area contributed by atoms with Gasteiger partial charge in [0.15, 0.2) is 6.29 Å². The summed E-state index contributed by atoms with van der Waals surface area (Å²) in [6.45, 7) is 0. The zero-order chi connectivity index (χ0) is 9.15. The topological polar surface area (TPSA) is 41.8 Å². The second-order valence-corrected chi connectivity index (χ2v) is 2.77. The van der Waals surface area contributed by atoms with Crippen LogP contribution in [0.3, 0.4) is 0 Å². The molecule has 1 heterocycles. The molecule has 1 aliphatic rings. The number of carbonyl (C=O) groups is 1. The maximum absolute atomic E-state index is 10.9. The molecular weight excluding hydrogens is 164 g/mol. The van der Waals surface area contributed by atoms with E-state index in [2.05, 4.69) is 9.98 Å². The van der Waals surface area contributed by atoms with E-state index in [0.717, 1.165) is 11.8 Å². The first-order chi connectivity index (χ1) is 6.37. The first kappa shape index (κ1) is 7.86. The fourth-order valence-electron chi connectivity index (χ4n) is 1.29. The van der Waals surface area contributed by atoms with E-state index in [0.29, 0.717) is 0 Å². The Bertz CT molecular complexity index is 356. The maximum atomic E-state index is 10.9. The molecule has 0 saturated carbocycles. The first-order valence-corrected chi connectivity index (χ1v) is 3.98. The van der Waals surface area contributed by atoms with Gasteiger partial charge in [-0.1, -0.05) is 30.3 Å². The Balaban J connectivity index is 2.50. The normalized spacial score (nSPS) is 17.5. The van der Waals surface area contributed by atoms with Gasteiger partial charge in [-0.05, 0) is 0 Å². The van der Waals surface area contributed by atoms with Crippen molar-refractivity contribution < 1.29 is 4.79 Å². The molecule has 64 valence electrons. The van der Waals surface area contributed by atoms with Crippen molar-refractivity contribution in [3.63, 3.8) is 0 Å². The van der Waals surface area contributed by atoms with Crippen molar-refractivity contribution in [1.82, 2.24) is 0 Å². The van der Waals surface area contributed by atoms with Crippen LogP contribution in [0.25, 0.3) is 0 Å². The third-order valence-electron chi connectivity index (χ3n) is 1.97. The number of hydrogen-bond donors (Lipinski definition) is 0. The molecule has 0 aliphatic carbocycles. The predicted octanol–water partition coefficient (Wildman–Crippen LogP) is 1.19. The standard InChI is InChI=1S/C10H8N2O/c13-8-10(11-6-7-12-10)9-4-2-1-3-5-9/h1-8H. The molecule has 0 amide bonds. The van der Waals surface area contributed by atoms with Crippen molar-refractivity contribution >= 4 is 18.7 Å². The second-order valence-electron chi connectivity index (χ2n) is 2.77. The minimum Gasteiger partial charge on any atom is -0.298 e. The third kappa shape index (κ3) is 1.18. The Hall–Kier alpha value is -1.77. The van der Waals surface area contributed by atoms with E-state index in [-0.39, 0.29) is 0 Å². The summed E-state index contributed by atoms with van der Waals surface area (Å²) in [6.07, 6.45) is 3.84. The Morgan fingerprint density at radius 1 is 1.08 bits per heavy atom. The number of aldehydes is 1. The monoisotopic (exact) mass is 172 g/mol. The van der Waals surface area contributed by atoms with Crippen LogP contribution in [0, 0.1) is 0 Å². The van der Waals surface area contributed by atoms with Crippen LogP contribution in [0.15, 0.2) is 40.3 Å². The van der Waals surface area contributed by atoms with Crippen molar-refractivity contribution in [3.05, 3.63) is 35.9 Å². The summed E-state index contributed by atoms with van der Waals surface area (Å²) >= 11 is 0. The second kappa shape index (κ2) is 2.94. The third-order valence-corrected chi connectivity index (χ3v) is 1.97. The highest BCUT2D eigenvalue weighted by Crippen LogP contribution is 2.26. The van der Waals surface area contributed by atoms with Gasteiger partial charge in [0.25, 0.3) is 0 Å². The summed E-state index contributed by atoms with van der Waals surface area (Å²) in [5.74, 6) is 0. The molecule has 0 radical (unpaired) electrons. The minimum atomic E-state index is -1.01. The number of carbonyl (C=O) groups excluding carboxylic acids is 1. The molecule has 0 N–H and O–H groups in total. The number of hydrogen-bond acceptors (Lipinski definition) is 3. The number of nitrogens with zero attached hydrogens (tertiary/aromatic N) is 2. The Kier molecular flexibility index (Phi) is 1.77. The van der Waals surface area contributed by atoms with E-state index in [9.17, 15) is 4.79 Å². The molecule has 1 aliphatic heterocycles. The fourth-order valence-corrected chi connectivity index (χ4v) is 1.29. The maximum Gasteiger partial charge on any atom is 0.231 e. The van der Waals surface area contributed by atoms with Gasteiger partial charge in [0, 0.05) is 18.0 Å². The average Bonchev–Trinajstić information content (AvgIpc) is 2.69. The smallest absolute Gasteiger partial charge is 0.231 e. The molecule has 0 unspecified atom stereocenters. The largest absolute Gasteiger partial charge is 0.298 e. The number of aliphatic imine (C=N–C) groups is 2. The van der Waals surface area contributed by atoms with E-state index in [4.69, 9.17) is 0 Å². The predicted molar refractivity (Wildman–Crippen MR) is 51.2 cm³/mol. The molecule has 0 bridgehead atoms. The van der Waals surface area contributed by atoms with Crippen molar-refractivity contribution in [1.29, 1.82) is 0 Å². The first-order valence-electron chi connectivity index (χ1n) is 3.98. The zero-order valence-electron chi connectivity index (χ0n) is 6.92. The van der Waals surface area contributed by atoms with Gasteiger partial charge in [-0.2, -0.15) is 0 Å². The Labute approximate surface area is 75.8 Å². The van der Waals surface area contributed by atoms with Crippen LogP contribution >= 0.6 is 0 Å². The number of benzene rings is 1. The lowest BCUT2D eigenvalue weighted by Crippen LogP contribution is -2.20. The summed E-state index contributed by atoms with van der Waals surface area (Å²) < 4.78 is 0. The van der Waals surface area contributed by atoms with E-state index < -0.39 is 5.66 Å². The van der Waals surface area contributed by atoms with E-state index >= 15 is 0 Å². The van der Waals surface area contributed by atoms with Crippen LogP contribution < -0.4 is 0 Å². The summed E-state index contributed by atoms with van der Waals surface area (Å²) in [6, 6.07) is 9.31. The molecule has 13 heavy (non-hydrogen) atoms. The molecule has 3 heteroatoms. The average molecular weight is 172 g/mol. The van der Waals surface area contributed by atoms with E-state index in [1.54, 1.807) is 12.4 Å². The molecule has 0 aromatic heterocycles. The van der Waals surface area contributed by atoms with Crippen molar-refractivity contribution in [3.8, 4) is 0 Å². The van der Waals surface area contributed by atoms with E-state index in [1.807, 2.05) is 30.3 Å². The lowest BCUT2D eigenvalue weighted by atomic mass is 10.0. The van der Waals surface area contributed by atoms with Crippen LogP contribution in [0.2, 0.25) is 0 Å². The molecule has 2 rings (SSSR count). The van der Waals surface area contributed by atoms with Gasteiger partial charge in [0.05, 0.1) is 0 Å². The molecule has 1 aromatic rings. The Morgan fingerprint density at radius 2 is 1.69 bits per heavy atom. The van der Waals surface area contributed by atoms with Crippen molar-refractivity contribution in [2.24, 2.45) is 9.98 Å².